The molecule has 14 heavy (non-hydrogen) atoms. The van der Waals surface area contributed by atoms with Gasteiger partial charge in [-0.3, -0.25) is 0 Å². The lowest BCUT2D eigenvalue weighted by atomic mass is 10.6. The number of hydrogen-bond acceptors (Lipinski definition) is 4. The highest BCUT2D eigenvalue weighted by molar-refractivity contribution is 7.91. The second kappa shape index (κ2) is 4.61. The Morgan fingerprint density at radius 2 is 1.93 bits per heavy atom. The Morgan fingerprint density at radius 1 is 1.29 bits per heavy atom. The largest absolute Gasteiger partial charge is 0.224 e. The third-order valence-corrected chi connectivity index (χ3v) is 4.08. The van der Waals surface area contributed by atoms with Crippen LogP contribution in [0.5, 0.6) is 0 Å². The first-order valence-electron chi connectivity index (χ1n) is 3.45. The fraction of sp³-hybridized carbons (Fsp3) is 0.333. The van der Waals surface area contributed by atoms with Crippen LogP contribution in [0.15, 0.2) is 11.0 Å². The Labute approximate surface area is 96.1 Å². The van der Waals surface area contributed by atoms with Crippen molar-refractivity contribution in [1.29, 1.82) is 0 Å². The first kappa shape index (κ1) is 12.0. The molecule has 0 unspecified atom stereocenters. The quantitative estimate of drug-likeness (QED) is 0.789. The van der Waals surface area contributed by atoms with Crippen LogP contribution in [0.1, 0.15) is 0 Å². The maximum Gasteiger partial charge on any atom is 0.182 e. The first-order valence-corrected chi connectivity index (χ1v) is 6.39. The van der Waals surface area contributed by atoms with Gasteiger partial charge in [-0.2, -0.15) is 0 Å². The van der Waals surface area contributed by atoms with E-state index in [2.05, 4.69) is 10.2 Å². The normalized spacial score (nSPS) is 11.6. The number of hydrogen-bond donors (Lipinski definition) is 0. The number of aromatic nitrogens is 2. The van der Waals surface area contributed by atoms with Gasteiger partial charge in [-0.25, -0.2) is 8.42 Å². The third-order valence-electron chi connectivity index (χ3n) is 1.37. The predicted octanol–water partition coefficient (Wildman–Crippen LogP) is 1.80. The fourth-order valence-electron chi connectivity index (χ4n) is 0.767. The molecule has 0 bridgehead atoms. The number of nitrogens with zero attached hydrogens (tertiary/aromatic N) is 2. The molecule has 0 radical (unpaired) electrons. The van der Waals surface area contributed by atoms with Gasteiger partial charge >= 0.3 is 0 Å². The van der Waals surface area contributed by atoms with E-state index in [4.69, 9.17) is 34.8 Å². The molecule has 8 heteroatoms. The van der Waals surface area contributed by atoms with Crippen molar-refractivity contribution in [2.75, 3.05) is 11.6 Å². The van der Waals surface area contributed by atoms with Gasteiger partial charge in [0, 0.05) is 5.88 Å². The van der Waals surface area contributed by atoms with E-state index in [1.165, 1.54) is 0 Å². The maximum absolute atomic E-state index is 11.5. The first-order chi connectivity index (χ1) is 6.47. The zero-order valence-corrected chi connectivity index (χ0v) is 9.83. The molecule has 1 rings (SSSR count). The molecule has 0 N–H and O–H groups in total. The smallest absolute Gasteiger partial charge is 0.182 e. The van der Waals surface area contributed by atoms with Gasteiger partial charge in [-0.05, 0) is 6.07 Å². The van der Waals surface area contributed by atoms with Gasteiger partial charge in [0.1, 0.15) is 4.90 Å². The minimum absolute atomic E-state index is 0.0153. The molecular formula is C6H5Cl3N2O2S. The average Bonchev–Trinajstić information content (AvgIpc) is 2.09. The summed E-state index contributed by atoms with van der Waals surface area (Å²) in [6, 6.07) is 1.15. The van der Waals surface area contributed by atoms with Crippen molar-refractivity contribution >= 4 is 44.6 Å². The van der Waals surface area contributed by atoms with Gasteiger partial charge < -0.3 is 0 Å². The minimum atomic E-state index is -3.51. The summed E-state index contributed by atoms with van der Waals surface area (Å²) < 4.78 is 23.0. The maximum atomic E-state index is 11.5. The van der Waals surface area contributed by atoms with Gasteiger partial charge in [0.25, 0.3) is 0 Å². The van der Waals surface area contributed by atoms with E-state index in [9.17, 15) is 8.42 Å². The molecule has 0 saturated heterocycles. The van der Waals surface area contributed by atoms with Gasteiger partial charge in [-0.15, -0.1) is 21.8 Å². The summed E-state index contributed by atoms with van der Waals surface area (Å²) in [6.45, 7) is 0. The summed E-state index contributed by atoms with van der Waals surface area (Å²) in [5.41, 5.74) is 0. The molecule has 0 aliphatic rings. The van der Waals surface area contributed by atoms with Crippen molar-refractivity contribution in [3.8, 4) is 0 Å². The molecular weight excluding hydrogens is 271 g/mol. The number of halogens is 3. The van der Waals surface area contributed by atoms with Crippen molar-refractivity contribution < 1.29 is 8.42 Å². The topological polar surface area (TPSA) is 59.9 Å². The van der Waals surface area contributed by atoms with Crippen LogP contribution in [0.2, 0.25) is 10.3 Å². The van der Waals surface area contributed by atoms with Gasteiger partial charge in [0.05, 0.1) is 5.75 Å². The van der Waals surface area contributed by atoms with E-state index < -0.39 is 9.84 Å². The molecule has 1 aromatic rings. The number of rotatable bonds is 3. The molecule has 1 heterocycles. The second-order valence-electron chi connectivity index (χ2n) is 2.33. The van der Waals surface area contributed by atoms with Gasteiger partial charge in [-0.1, -0.05) is 23.2 Å². The zero-order chi connectivity index (χ0) is 10.8. The molecule has 0 spiro atoms. The molecule has 0 aliphatic carbocycles. The highest BCUT2D eigenvalue weighted by Gasteiger charge is 2.19. The van der Waals surface area contributed by atoms with Crippen LogP contribution in [0, 0.1) is 0 Å². The third kappa shape index (κ3) is 2.70. The van der Waals surface area contributed by atoms with Gasteiger partial charge in [0.2, 0.25) is 0 Å². The molecule has 78 valence electrons. The van der Waals surface area contributed by atoms with Crippen LogP contribution in [-0.2, 0) is 9.84 Å². The molecule has 0 saturated carbocycles. The Bertz CT molecular complexity index is 435. The second-order valence-corrected chi connectivity index (χ2v) is 5.53. The number of alkyl halides is 1. The van der Waals surface area contributed by atoms with E-state index in [-0.39, 0.29) is 26.8 Å². The van der Waals surface area contributed by atoms with Crippen molar-refractivity contribution in [2.45, 2.75) is 4.90 Å². The lowest BCUT2D eigenvalue weighted by Crippen LogP contribution is -2.09. The summed E-state index contributed by atoms with van der Waals surface area (Å²) >= 11 is 16.4. The van der Waals surface area contributed by atoms with E-state index >= 15 is 0 Å². The molecule has 1 aromatic heterocycles. The van der Waals surface area contributed by atoms with Crippen LogP contribution >= 0.6 is 34.8 Å². The fourth-order valence-corrected chi connectivity index (χ4v) is 3.04. The standard InChI is InChI=1S/C6H5Cl3N2O2S/c7-1-2-14(12,13)4-3-5(8)10-11-6(4)9/h3H,1-2H2. The Morgan fingerprint density at radius 3 is 2.50 bits per heavy atom. The summed E-state index contributed by atoms with van der Waals surface area (Å²) in [5, 5.41) is 6.57. The molecule has 0 aliphatic heterocycles. The monoisotopic (exact) mass is 274 g/mol. The minimum Gasteiger partial charge on any atom is -0.224 e. The van der Waals surface area contributed by atoms with E-state index in [1.807, 2.05) is 0 Å². The van der Waals surface area contributed by atoms with Crippen LogP contribution < -0.4 is 0 Å². The molecule has 4 nitrogen and oxygen atoms in total. The molecule has 0 atom stereocenters. The molecule has 0 aromatic carbocycles. The Balaban J connectivity index is 3.25. The Hall–Kier alpha value is -0.100. The van der Waals surface area contributed by atoms with E-state index in [1.54, 1.807) is 0 Å². The van der Waals surface area contributed by atoms with Gasteiger partial charge in [0.15, 0.2) is 20.1 Å². The highest BCUT2D eigenvalue weighted by Crippen LogP contribution is 2.21. The lowest BCUT2D eigenvalue weighted by Gasteiger charge is -2.02. The van der Waals surface area contributed by atoms with E-state index in [0.717, 1.165) is 6.07 Å². The Kier molecular flexibility index (Phi) is 3.94. The van der Waals surface area contributed by atoms with Crippen molar-refractivity contribution in [3.05, 3.63) is 16.4 Å². The van der Waals surface area contributed by atoms with Crippen LogP contribution in [0.25, 0.3) is 0 Å². The van der Waals surface area contributed by atoms with Crippen molar-refractivity contribution in [2.24, 2.45) is 0 Å². The van der Waals surface area contributed by atoms with Crippen LogP contribution in [-0.4, -0.2) is 30.2 Å². The van der Waals surface area contributed by atoms with Crippen LogP contribution in [0.4, 0.5) is 0 Å². The molecule has 0 fully saturated rings. The number of sulfone groups is 1. The average molecular weight is 276 g/mol. The van der Waals surface area contributed by atoms with Crippen molar-refractivity contribution in [3.63, 3.8) is 0 Å². The summed E-state index contributed by atoms with van der Waals surface area (Å²) in [7, 11) is -3.51. The summed E-state index contributed by atoms with van der Waals surface area (Å²) in [4.78, 5) is -0.139. The highest BCUT2D eigenvalue weighted by atomic mass is 35.5. The predicted molar refractivity (Wildman–Crippen MR) is 54.8 cm³/mol. The summed E-state index contributed by atoms with van der Waals surface area (Å²) in [5.74, 6) is -0.227. The SMILES string of the molecule is O=S(=O)(CCCl)c1cc(Cl)nnc1Cl. The van der Waals surface area contributed by atoms with Crippen molar-refractivity contribution in [1.82, 2.24) is 10.2 Å². The summed E-state index contributed by atoms with van der Waals surface area (Å²) in [6.07, 6.45) is 0. The molecule has 0 amide bonds. The zero-order valence-electron chi connectivity index (χ0n) is 6.74. The van der Waals surface area contributed by atoms with Crippen LogP contribution in [0.3, 0.4) is 0 Å². The van der Waals surface area contributed by atoms with E-state index in [0.29, 0.717) is 0 Å². The lowest BCUT2D eigenvalue weighted by molar-refractivity contribution is 0.596.